The zero-order chi connectivity index (χ0) is 31.2. The Labute approximate surface area is 270 Å². The van der Waals surface area contributed by atoms with E-state index in [2.05, 4.69) is 97.1 Å². The van der Waals surface area contributed by atoms with Crippen molar-refractivity contribution in [3.05, 3.63) is 119 Å². The van der Waals surface area contributed by atoms with Crippen LogP contribution >= 0.6 is 0 Å². The van der Waals surface area contributed by atoms with Crippen LogP contribution in [-0.4, -0.2) is 36.6 Å². The van der Waals surface area contributed by atoms with E-state index >= 15 is 0 Å². The van der Waals surface area contributed by atoms with E-state index in [1.807, 2.05) is 0 Å². The van der Waals surface area contributed by atoms with Crippen LogP contribution in [0.2, 0.25) is 0 Å². The van der Waals surface area contributed by atoms with E-state index in [1.165, 1.54) is 59.1 Å². The average Bonchev–Trinajstić information content (AvgIpc) is 3.39. The summed E-state index contributed by atoms with van der Waals surface area (Å²) < 4.78 is 12.3. The molecular weight excluding hydrogens is 556 g/mol. The van der Waals surface area contributed by atoms with Gasteiger partial charge in [-0.2, -0.15) is 0 Å². The highest BCUT2D eigenvalue weighted by molar-refractivity contribution is 5.86. The Morgan fingerprint density at radius 2 is 0.756 bits per heavy atom. The Morgan fingerprint density at radius 3 is 1.16 bits per heavy atom. The molecule has 0 fully saturated rings. The lowest BCUT2D eigenvalue weighted by molar-refractivity contribution is 0.280. The van der Waals surface area contributed by atoms with Crippen LogP contribution in [0.3, 0.4) is 0 Å². The molecule has 0 unspecified atom stereocenters. The van der Waals surface area contributed by atoms with E-state index in [1.54, 1.807) is 0 Å². The van der Waals surface area contributed by atoms with E-state index in [-0.39, 0.29) is 0 Å². The molecule has 0 atom stereocenters. The van der Waals surface area contributed by atoms with E-state index in [4.69, 9.17) is 19.7 Å². The van der Waals surface area contributed by atoms with Gasteiger partial charge in [0.05, 0.1) is 18.6 Å². The molecule has 0 radical (unpaired) electrons. The molecular formula is C41H50O4. The second-order valence-corrected chi connectivity index (χ2v) is 12.3. The maximum atomic E-state index is 8.95. The molecule has 45 heavy (non-hydrogen) atoms. The Balaban J connectivity index is 1.32. The highest BCUT2D eigenvalue weighted by atomic mass is 16.5. The quantitative estimate of drug-likeness (QED) is 0.0867. The minimum atomic E-state index is -0.437. The van der Waals surface area contributed by atoms with Crippen LogP contribution in [0.4, 0.5) is 0 Å². The number of fused-ring (bicyclic) bond motifs is 3. The van der Waals surface area contributed by atoms with Gasteiger partial charge in [-0.1, -0.05) is 124 Å². The summed E-state index contributed by atoms with van der Waals surface area (Å²) in [6, 6.07) is 35.1. The molecule has 1 aliphatic rings. The first kappa shape index (κ1) is 32.8. The summed E-state index contributed by atoms with van der Waals surface area (Å²) in [6.45, 7) is 2.04. The van der Waals surface area contributed by atoms with Crippen molar-refractivity contribution >= 4 is 0 Å². The Bertz CT molecular complexity index is 1320. The summed E-state index contributed by atoms with van der Waals surface area (Å²) in [6.07, 6.45) is 13.2. The normalized spacial score (nSPS) is 12.9. The van der Waals surface area contributed by atoms with Gasteiger partial charge in [0.15, 0.2) is 0 Å². The SMILES string of the molecule is OCCCCCCCCOc1ccc(C2(c3ccc(OCCCCCCCCO)cc3)c3ccccc3-c3ccccc32)cc1. The molecule has 0 amide bonds. The van der Waals surface area contributed by atoms with E-state index in [0.717, 1.165) is 76.1 Å². The van der Waals surface area contributed by atoms with Crippen molar-refractivity contribution in [1.82, 2.24) is 0 Å². The van der Waals surface area contributed by atoms with Crippen molar-refractivity contribution < 1.29 is 19.7 Å². The first-order valence-electron chi connectivity index (χ1n) is 17.2. The molecule has 0 aliphatic heterocycles. The first-order chi connectivity index (χ1) is 22.3. The lowest BCUT2D eigenvalue weighted by Gasteiger charge is -2.34. The van der Waals surface area contributed by atoms with E-state index in [9.17, 15) is 0 Å². The molecule has 0 bridgehead atoms. The van der Waals surface area contributed by atoms with Crippen molar-refractivity contribution in [1.29, 1.82) is 0 Å². The van der Waals surface area contributed by atoms with E-state index in [0.29, 0.717) is 13.2 Å². The summed E-state index contributed by atoms with van der Waals surface area (Å²) in [7, 11) is 0. The fourth-order valence-corrected chi connectivity index (χ4v) is 6.85. The number of unbranched alkanes of at least 4 members (excludes halogenated alkanes) is 10. The highest BCUT2D eigenvalue weighted by Crippen LogP contribution is 2.56. The van der Waals surface area contributed by atoms with Gasteiger partial charge < -0.3 is 19.7 Å². The third-order valence-electron chi connectivity index (χ3n) is 9.17. The fourth-order valence-electron chi connectivity index (χ4n) is 6.85. The van der Waals surface area contributed by atoms with Gasteiger partial charge in [-0.25, -0.2) is 0 Å². The number of hydrogen-bond acceptors (Lipinski definition) is 4. The summed E-state index contributed by atoms with van der Waals surface area (Å²) in [4.78, 5) is 0. The Hall–Kier alpha value is -3.60. The van der Waals surface area contributed by atoms with Crippen molar-refractivity contribution in [2.45, 2.75) is 82.5 Å². The van der Waals surface area contributed by atoms with Gasteiger partial charge in [-0.3, -0.25) is 0 Å². The molecule has 1 aliphatic carbocycles. The minimum absolute atomic E-state index is 0.297. The van der Waals surface area contributed by atoms with Gasteiger partial charge in [0.25, 0.3) is 0 Å². The van der Waals surface area contributed by atoms with Crippen LogP contribution in [0.5, 0.6) is 11.5 Å². The molecule has 0 saturated carbocycles. The van der Waals surface area contributed by atoms with Gasteiger partial charge in [0.1, 0.15) is 11.5 Å². The predicted octanol–water partition coefficient (Wildman–Crippen LogP) is 9.47. The van der Waals surface area contributed by atoms with Crippen molar-refractivity contribution in [3.8, 4) is 22.6 Å². The number of hydrogen-bond donors (Lipinski definition) is 2. The van der Waals surface area contributed by atoms with E-state index < -0.39 is 5.41 Å². The topological polar surface area (TPSA) is 58.9 Å². The average molecular weight is 607 g/mol. The van der Waals surface area contributed by atoms with Gasteiger partial charge in [-0.15, -0.1) is 0 Å². The molecule has 0 spiro atoms. The fraction of sp³-hybridized carbons (Fsp3) is 0.415. The lowest BCUT2D eigenvalue weighted by atomic mass is 9.68. The number of aliphatic hydroxyl groups is 2. The van der Waals surface area contributed by atoms with Crippen molar-refractivity contribution in [2.24, 2.45) is 0 Å². The lowest BCUT2D eigenvalue weighted by Crippen LogP contribution is -2.28. The summed E-state index contributed by atoms with van der Waals surface area (Å²) in [5.74, 6) is 1.82. The molecule has 4 heteroatoms. The van der Waals surface area contributed by atoms with Gasteiger partial charge >= 0.3 is 0 Å². The first-order valence-corrected chi connectivity index (χ1v) is 17.2. The van der Waals surface area contributed by atoms with Crippen molar-refractivity contribution in [3.63, 3.8) is 0 Å². The second-order valence-electron chi connectivity index (χ2n) is 12.3. The zero-order valence-corrected chi connectivity index (χ0v) is 26.8. The molecule has 0 aromatic heterocycles. The molecule has 0 heterocycles. The highest BCUT2D eigenvalue weighted by Gasteiger charge is 2.45. The van der Waals surface area contributed by atoms with Gasteiger partial charge in [0, 0.05) is 13.2 Å². The molecule has 2 N–H and O–H groups in total. The number of aliphatic hydroxyl groups excluding tert-OH is 2. The number of rotatable bonds is 20. The zero-order valence-electron chi connectivity index (χ0n) is 26.8. The Kier molecular flexibility index (Phi) is 12.5. The summed E-state index contributed by atoms with van der Waals surface area (Å²) >= 11 is 0. The predicted molar refractivity (Wildman–Crippen MR) is 184 cm³/mol. The monoisotopic (exact) mass is 606 g/mol. The van der Waals surface area contributed by atoms with Crippen LogP contribution in [0, 0.1) is 0 Å². The maximum Gasteiger partial charge on any atom is 0.119 e. The van der Waals surface area contributed by atoms with Gasteiger partial charge in [-0.05, 0) is 83.3 Å². The van der Waals surface area contributed by atoms with Gasteiger partial charge in [0.2, 0.25) is 0 Å². The maximum absolute atomic E-state index is 8.95. The third kappa shape index (κ3) is 7.98. The van der Waals surface area contributed by atoms with Crippen LogP contribution in [0.1, 0.15) is 99.3 Å². The Morgan fingerprint density at radius 1 is 0.400 bits per heavy atom. The molecule has 4 aromatic rings. The molecule has 238 valence electrons. The van der Waals surface area contributed by atoms with Crippen LogP contribution in [0.25, 0.3) is 11.1 Å². The van der Waals surface area contributed by atoms with Crippen LogP contribution in [-0.2, 0) is 5.41 Å². The molecule has 0 saturated heterocycles. The van der Waals surface area contributed by atoms with Crippen molar-refractivity contribution in [2.75, 3.05) is 26.4 Å². The standard InChI is InChI=1S/C41H50O4/c42-29-13-5-1-3-7-15-31-44-35-25-21-33(22-26-35)41(39-19-11-9-17-37(39)38-18-10-12-20-40(38)41)34-23-27-36(28-24-34)45-32-16-8-4-2-6-14-30-43/h9-12,17-28,42-43H,1-8,13-16,29-32H2. The molecule has 5 rings (SSSR count). The largest absolute Gasteiger partial charge is 0.494 e. The minimum Gasteiger partial charge on any atom is -0.494 e. The number of ether oxygens (including phenoxy) is 2. The third-order valence-corrected chi connectivity index (χ3v) is 9.17. The molecule has 4 aromatic carbocycles. The molecule has 4 nitrogen and oxygen atoms in total. The summed E-state index contributed by atoms with van der Waals surface area (Å²) in [5.41, 5.74) is 7.19. The van der Waals surface area contributed by atoms with Crippen LogP contribution in [0.15, 0.2) is 97.1 Å². The summed E-state index contributed by atoms with van der Waals surface area (Å²) in [5, 5.41) is 17.9. The van der Waals surface area contributed by atoms with Crippen LogP contribution < -0.4 is 9.47 Å². The smallest absolute Gasteiger partial charge is 0.119 e. The number of benzene rings is 4. The second kappa shape index (κ2) is 17.2.